The Hall–Kier alpha value is -2.93. The van der Waals surface area contributed by atoms with E-state index in [1.54, 1.807) is 25.5 Å². The summed E-state index contributed by atoms with van der Waals surface area (Å²) in [6, 6.07) is 15.0. The van der Waals surface area contributed by atoms with Gasteiger partial charge in [0.2, 0.25) is 0 Å². The van der Waals surface area contributed by atoms with Gasteiger partial charge >= 0.3 is 0 Å². The third-order valence-electron chi connectivity index (χ3n) is 4.84. The van der Waals surface area contributed by atoms with Gasteiger partial charge in [0, 0.05) is 17.3 Å². The third kappa shape index (κ3) is 6.57. The molecule has 2 aromatic carbocycles. The molecule has 1 aliphatic rings. The summed E-state index contributed by atoms with van der Waals surface area (Å²) in [5.74, 6) is 0.498. The molecule has 0 saturated heterocycles. The first kappa shape index (κ1) is 20.8. The molecule has 0 heterocycles. The molecular formula is C22H26N4O2S. The number of hydrogen-bond donors (Lipinski definition) is 3. The topological polar surface area (TPSA) is 74.8 Å². The van der Waals surface area contributed by atoms with Crippen molar-refractivity contribution in [2.45, 2.75) is 38.1 Å². The number of carbonyl (C=O) groups is 1. The molecule has 0 atom stereocenters. The maximum absolute atomic E-state index is 12.2. The van der Waals surface area contributed by atoms with Crippen molar-refractivity contribution in [2.24, 2.45) is 5.10 Å². The fourth-order valence-electron chi connectivity index (χ4n) is 3.22. The average molecular weight is 411 g/mol. The Morgan fingerprint density at radius 2 is 1.76 bits per heavy atom. The van der Waals surface area contributed by atoms with E-state index in [0.29, 0.717) is 16.7 Å². The van der Waals surface area contributed by atoms with Gasteiger partial charge in [-0.25, -0.2) is 5.43 Å². The van der Waals surface area contributed by atoms with Crippen LogP contribution in [-0.4, -0.2) is 30.4 Å². The first-order valence-corrected chi connectivity index (χ1v) is 10.2. The van der Waals surface area contributed by atoms with E-state index >= 15 is 0 Å². The standard InChI is InChI=1S/C22H26N4O2S/c1-28-20-13-7-16(8-14-20)15-23-26-21(27)17-9-11-19(12-10-17)25-22(29)24-18-5-3-2-4-6-18/h7-15,18H,2-6H2,1H3,(H,26,27)(H2,24,25,29)/b23-15+. The van der Waals surface area contributed by atoms with Crippen molar-refractivity contribution >= 4 is 35.1 Å². The zero-order valence-electron chi connectivity index (χ0n) is 16.5. The van der Waals surface area contributed by atoms with Crippen LogP contribution in [0.3, 0.4) is 0 Å². The first-order valence-electron chi connectivity index (χ1n) is 9.79. The van der Waals surface area contributed by atoms with Crippen LogP contribution in [0.5, 0.6) is 5.75 Å². The lowest BCUT2D eigenvalue weighted by Crippen LogP contribution is -2.38. The number of methoxy groups -OCH3 is 1. The van der Waals surface area contributed by atoms with Crippen molar-refractivity contribution in [1.29, 1.82) is 0 Å². The Morgan fingerprint density at radius 1 is 1.07 bits per heavy atom. The Morgan fingerprint density at radius 3 is 2.41 bits per heavy atom. The number of hydrazone groups is 1. The molecule has 0 unspecified atom stereocenters. The molecule has 2 aromatic rings. The Kier molecular flexibility index (Phi) is 7.58. The number of hydrogen-bond acceptors (Lipinski definition) is 4. The molecule has 0 spiro atoms. The molecule has 1 saturated carbocycles. The molecule has 1 fully saturated rings. The highest BCUT2D eigenvalue weighted by Crippen LogP contribution is 2.18. The first-order chi connectivity index (χ1) is 14.1. The summed E-state index contributed by atoms with van der Waals surface area (Å²) in [5.41, 5.74) is 4.76. The zero-order chi connectivity index (χ0) is 20.5. The van der Waals surface area contributed by atoms with Gasteiger partial charge in [-0.15, -0.1) is 0 Å². The van der Waals surface area contributed by atoms with Gasteiger partial charge in [0.05, 0.1) is 13.3 Å². The highest BCUT2D eigenvalue weighted by molar-refractivity contribution is 7.80. The van der Waals surface area contributed by atoms with Crippen molar-refractivity contribution in [3.05, 3.63) is 59.7 Å². The number of ether oxygens (including phenoxy) is 1. The van der Waals surface area contributed by atoms with Crippen LogP contribution < -0.4 is 20.8 Å². The van der Waals surface area contributed by atoms with E-state index in [1.165, 1.54) is 19.3 Å². The molecule has 29 heavy (non-hydrogen) atoms. The van der Waals surface area contributed by atoms with Crippen molar-refractivity contribution in [3.8, 4) is 5.75 Å². The molecule has 0 bridgehead atoms. The summed E-state index contributed by atoms with van der Waals surface area (Å²) in [7, 11) is 1.62. The summed E-state index contributed by atoms with van der Waals surface area (Å²) in [4.78, 5) is 12.2. The van der Waals surface area contributed by atoms with Crippen LogP contribution in [0.25, 0.3) is 0 Å². The number of rotatable bonds is 6. The van der Waals surface area contributed by atoms with Crippen LogP contribution in [0, 0.1) is 0 Å². The number of thiocarbonyl (C=S) groups is 1. The maximum atomic E-state index is 12.2. The van der Waals surface area contributed by atoms with Gasteiger partial charge in [-0.2, -0.15) is 5.10 Å². The van der Waals surface area contributed by atoms with E-state index < -0.39 is 0 Å². The van der Waals surface area contributed by atoms with Gasteiger partial charge in [-0.05, 0) is 79.2 Å². The molecular weight excluding hydrogens is 384 g/mol. The molecule has 3 N–H and O–H groups in total. The SMILES string of the molecule is COc1ccc(/C=N/NC(=O)c2ccc(NC(=S)NC3CCCCC3)cc2)cc1. The second-order valence-corrected chi connectivity index (χ2v) is 7.39. The van der Waals surface area contributed by atoms with Crippen LogP contribution in [0.2, 0.25) is 0 Å². The second-order valence-electron chi connectivity index (χ2n) is 6.98. The Balaban J connectivity index is 1.47. The van der Waals surface area contributed by atoms with Crippen LogP contribution in [0.1, 0.15) is 48.0 Å². The third-order valence-corrected chi connectivity index (χ3v) is 5.06. The van der Waals surface area contributed by atoms with Crippen LogP contribution in [0.4, 0.5) is 5.69 Å². The van der Waals surface area contributed by atoms with Gasteiger partial charge in [0.25, 0.3) is 5.91 Å². The molecule has 152 valence electrons. The fraction of sp³-hybridized carbons (Fsp3) is 0.318. The molecule has 1 amide bonds. The summed E-state index contributed by atoms with van der Waals surface area (Å²) < 4.78 is 5.11. The van der Waals surface area contributed by atoms with Gasteiger partial charge in [0.15, 0.2) is 5.11 Å². The highest BCUT2D eigenvalue weighted by Gasteiger charge is 2.14. The minimum Gasteiger partial charge on any atom is -0.497 e. The lowest BCUT2D eigenvalue weighted by Gasteiger charge is -2.24. The largest absolute Gasteiger partial charge is 0.497 e. The van der Waals surface area contributed by atoms with E-state index in [-0.39, 0.29) is 5.91 Å². The molecule has 7 heteroatoms. The maximum Gasteiger partial charge on any atom is 0.271 e. The molecule has 3 rings (SSSR count). The van der Waals surface area contributed by atoms with E-state index in [2.05, 4.69) is 21.2 Å². The number of amides is 1. The Labute approximate surface area is 176 Å². The highest BCUT2D eigenvalue weighted by atomic mass is 32.1. The second kappa shape index (κ2) is 10.6. The lowest BCUT2D eigenvalue weighted by molar-refractivity contribution is 0.0955. The van der Waals surface area contributed by atoms with Gasteiger partial charge in [-0.1, -0.05) is 19.3 Å². The number of nitrogens with zero attached hydrogens (tertiary/aromatic N) is 1. The summed E-state index contributed by atoms with van der Waals surface area (Å²) in [5, 5.41) is 11.2. The van der Waals surface area contributed by atoms with Crippen molar-refractivity contribution < 1.29 is 9.53 Å². The predicted octanol–water partition coefficient (Wildman–Crippen LogP) is 4.08. The molecule has 0 aliphatic heterocycles. The number of carbonyl (C=O) groups excluding carboxylic acids is 1. The average Bonchev–Trinajstić information content (AvgIpc) is 2.75. The van der Waals surface area contributed by atoms with E-state index in [4.69, 9.17) is 17.0 Å². The minimum absolute atomic E-state index is 0.274. The Bertz CT molecular complexity index is 844. The predicted molar refractivity (Wildman–Crippen MR) is 121 cm³/mol. The van der Waals surface area contributed by atoms with Crippen molar-refractivity contribution in [2.75, 3.05) is 12.4 Å². The fourth-order valence-corrected chi connectivity index (χ4v) is 3.51. The van der Waals surface area contributed by atoms with E-state index in [0.717, 1.165) is 29.8 Å². The van der Waals surface area contributed by atoms with E-state index in [9.17, 15) is 4.79 Å². The summed E-state index contributed by atoms with van der Waals surface area (Å²) in [6.45, 7) is 0. The quantitative estimate of drug-likeness (QED) is 0.380. The number of nitrogens with one attached hydrogen (secondary N) is 3. The van der Waals surface area contributed by atoms with Gasteiger partial charge < -0.3 is 15.4 Å². The zero-order valence-corrected chi connectivity index (χ0v) is 17.3. The minimum atomic E-state index is -0.274. The lowest BCUT2D eigenvalue weighted by atomic mass is 9.96. The van der Waals surface area contributed by atoms with E-state index in [1.807, 2.05) is 36.4 Å². The monoisotopic (exact) mass is 410 g/mol. The van der Waals surface area contributed by atoms with Crippen LogP contribution in [-0.2, 0) is 0 Å². The summed E-state index contributed by atoms with van der Waals surface area (Å²) in [6.07, 6.45) is 7.74. The van der Waals surface area contributed by atoms with Crippen LogP contribution >= 0.6 is 12.2 Å². The number of benzene rings is 2. The van der Waals surface area contributed by atoms with Crippen molar-refractivity contribution in [1.82, 2.24) is 10.7 Å². The van der Waals surface area contributed by atoms with Gasteiger partial charge in [0.1, 0.15) is 5.75 Å². The molecule has 6 nitrogen and oxygen atoms in total. The van der Waals surface area contributed by atoms with Crippen LogP contribution in [0.15, 0.2) is 53.6 Å². The molecule has 0 aromatic heterocycles. The molecule has 0 radical (unpaired) electrons. The normalized spacial score (nSPS) is 14.4. The molecule has 1 aliphatic carbocycles. The number of anilines is 1. The smallest absolute Gasteiger partial charge is 0.271 e. The van der Waals surface area contributed by atoms with Crippen molar-refractivity contribution in [3.63, 3.8) is 0 Å². The summed E-state index contributed by atoms with van der Waals surface area (Å²) >= 11 is 5.39. The van der Waals surface area contributed by atoms with Gasteiger partial charge in [-0.3, -0.25) is 4.79 Å².